The van der Waals surface area contributed by atoms with E-state index in [1.165, 1.54) is 36.2 Å². The number of halogens is 1. The van der Waals surface area contributed by atoms with Crippen molar-refractivity contribution in [1.29, 1.82) is 0 Å². The van der Waals surface area contributed by atoms with Crippen molar-refractivity contribution in [2.45, 2.75) is 71.5 Å². The molecule has 1 aromatic heterocycles. The van der Waals surface area contributed by atoms with Crippen LogP contribution in [0.2, 0.25) is 0 Å². The summed E-state index contributed by atoms with van der Waals surface area (Å²) in [5.41, 5.74) is 2.71. The fraction of sp³-hybridized carbons (Fsp3) is 0.438. The molecule has 38 heavy (non-hydrogen) atoms. The van der Waals surface area contributed by atoms with Crippen LogP contribution < -0.4 is 0 Å². The van der Waals surface area contributed by atoms with Gasteiger partial charge < -0.3 is 14.4 Å². The topological polar surface area (TPSA) is 45.6 Å². The second-order valence-electron chi connectivity index (χ2n) is 10.8. The van der Waals surface area contributed by atoms with Crippen molar-refractivity contribution in [3.63, 3.8) is 0 Å². The maximum Gasteiger partial charge on any atom is 0.254 e. The molecule has 0 unspecified atom stereocenters. The maximum absolute atomic E-state index is 13.9. The van der Waals surface area contributed by atoms with Crippen molar-refractivity contribution < 1.29 is 14.0 Å². The van der Waals surface area contributed by atoms with E-state index < -0.39 is 0 Å². The van der Waals surface area contributed by atoms with E-state index in [4.69, 9.17) is 0 Å². The summed E-state index contributed by atoms with van der Waals surface area (Å²) in [4.78, 5) is 31.0. The molecule has 0 atom stereocenters. The average molecular weight is 518 g/mol. The molecule has 1 fully saturated rings. The molecule has 0 spiro atoms. The maximum atomic E-state index is 13.9. The van der Waals surface area contributed by atoms with E-state index in [-0.39, 0.29) is 30.2 Å². The Balaban J connectivity index is 1.55. The Morgan fingerprint density at radius 3 is 2.34 bits per heavy atom. The summed E-state index contributed by atoms with van der Waals surface area (Å²) in [6.07, 6.45) is 8.27. The van der Waals surface area contributed by atoms with Crippen molar-refractivity contribution in [2.75, 3.05) is 13.1 Å². The minimum atomic E-state index is -0.381. The fourth-order valence-electron chi connectivity index (χ4n) is 5.21. The van der Waals surface area contributed by atoms with Crippen LogP contribution in [-0.4, -0.2) is 45.3 Å². The highest BCUT2D eigenvalue weighted by atomic mass is 19.1. The molecule has 1 aliphatic carbocycles. The number of nitrogens with zero attached hydrogens (tertiary/aromatic N) is 3. The van der Waals surface area contributed by atoms with Crippen molar-refractivity contribution in [3.05, 3.63) is 95.6 Å². The van der Waals surface area contributed by atoms with Gasteiger partial charge in [0.25, 0.3) is 5.91 Å². The molecule has 0 radical (unpaired) electrons. The highest BCUT2D eigenvalue weighted by molar-refractivity contribution is 5.96. The van der Waals surface area contributed by atoms with Gasteiger partial charge in [-0.1, -0.05) is 63.4 Å². The van der Waals surface area contributed by atoms with E-state index in [9.17, 15) is 14.0 Å². The minimum absolute atomic E-state index is 0.0245. The van der Waals surface area contributed by atoms with E-state index >= 15 is 0 Å². The number of amides is 2. The van der Waals surface area contributed by atoms with Gasteiger partial charge in [0.1, 0.15) is 12.4 Å². The number of carbonyl (C=O) groups excluding carboxylic acids is 2. The largest absolute Gasteiger partial charge is 0.345 e. The van der Waals surface area contributed by atoms with Gasteiger partial charge in [0.2, 0.25) is 5.91 Å². The first-order chi connectivity index (χ1) is 18.4. The standard InChI is InChI=1S/C32H40FN3O2/c1-25(2)19-21-35(32(38)27-15-17-28(33)18-16-27)24-31(37)36(29-12-7-4-8-13-29)23-30-14-9-20-34(30)22-26-10-5-3-6-11-26/h3,5-6,9-11,14-18,20,25,29H,4,7-8,12-13,19,21-24H2,1-2H3. The number of hydrogen-bond donors (Lipinski definition) is 0. The Labute approximate surface area is 226 Å². The van der Waals surface area contributed by atoms with Crippen LogP contribution in [0.3, 0.4) is 0 Å². The van der Waals surface area contributed by atoms with E-state index in [1.54, 1.807) is 4.90 Å². The van der Waals surface area contributed by atoms with Gasteiger partial charge in [0.05, 0.1) is 6.54 Å². The summed E-state index contributed by atoms with van der Waals surface area (Å²) in [6, 6.07) is 20.2. The van der Waals surface area contributed by atoms with E-state index in [1.807, 2.05) is 29.2 Å². The first-order valence-corrected chi connectivity index (χ1v) is 13.9. The molecular formula is C32H40FN3O2. The Hall–Kier alpha value is -3.41. The second-order valence-corrected chi connectivity index (χ2v) is 10.8. The minimum Gasteiger partial charge on any atom is -0.345 e. The lowest BCUT2D eigenvalue weighted by molar-refractivity contribution is -0.135. The van der Waals surface area contributed by atoms with E-state index in [0.717, 1.165) is 44.3 Å². The van der Waals surface area contributed by atoms with Crippen LogP contribution in [-0.2, 0) is 17.9 Å². The quantitative estimate of drug-likeness (QED) is 0.290. The van der Waals surface area contributed by atoms with Gasteiger partial charge >= 0.3 is 0 Å². The summed E-state index contributed by atoms with van der Waals surface area (Å²) in [6.45, 7) is 6.00. The third kappa shape index (κ3) is 7.56. The van der Waals surface area contributed by atoms with Crippen LogP contribution in [0.15, 0.2) is 72.9 Å². The SMILES string of the molecule is CC(C)CCN(CC(=O)N(Cc1cccn1Cc1ccccc1)C1CCCCC1)C(=O)c1ccc(F)cc1. The lowest BCUT2D eigenvalue weighted by atomic mass is 9.94. The molecule has 6 heteroatoms. The van der Waals surface area contributed by atoms with E-state index in [2.05, 4.69) is 42.8 Å². The van der Waals surface area contributed by atoms with Crippen molar-refractivity contribution in [3.8, 4) is 0 Å². The Morgan fingerprint density at radius 2 is 1.66 bits per heavy atom. The van der Waals surface area contributed by atoms with Crippen LogP contribution in [0.4, 0.5) is 4.39 Å². The summed E-state index contributed by atoms with van der Waals surface area (Å²) >= 11 is 0. The van der Waals surface area contributed by atoms with Crippen LogP contribution in [0, 0.1) is 11.7 Å². The van der Waals surface area contributed by atoms with Gasteiger partial charge in [-0.2, -0.15) is 0 Å². The number of carbonyl (C=O) groups is 2. The number of benzene rings is 2. The Bertz CT molecular complexity index is 1170. The van der Waals surface area contributed by atoms with Crippen LogP contribution in [0.1, 0.15) is 74.0 Å². The number of aromatic nitrogens is 1. The normalized spacial score (nSPS) is 14.0. The smallest absolute Gasteiger partial charge is 0.254 e. The molecule has 1 heterocycles. The number of hydrogen-bond acceptors (Lipinski definition) is 2. The second kappa shape index (κ2) is 13.4. The van der Waals surface area contributed by atoms with Gasteiger partial charge in [-0.25, -0.2) is 4.39 Å². The average Bonchev–Trinajstić information content (AvgIpc) is 3.37. The molecule has 2 aromatic carbocycles. The molecule has 0 N–H and O–H groups in total. The molecule has 202 valence electrons. The predicted molar refractivity (Wildman–Crippen MR) is 149 cm³/mol. The predicted octanol–water partition coefficient (Wildman–Crippen LogP) is 6.53. The first kappa shape index (κ1) is 27.6. The molecule has 0 aliphatic heterocycles. The Morgan fingerprint density at radius 1 is 0.947 bits per heavy atom. The van der Waals surface area contributed by atoms with Gasteiger partial charge in [-0.05, 0) is 67.1 Å². The molecule has 0 bridgehead atoms. The summed E-state index contributed by atoms with van der Waals surface area (Å²) in [5.74, 6) is -0.240. The highest BCUT2D eigenvalue weighted by Gasteiger charge is 2.29. The zero-order valence-electron chi connectivity index (χ0n) is 22.7. The summed E-state index contributed by atoms with van der Waals surface area (Å²) in [7, 11) is 0. The lowest BCUT2D eigenvalue weighted by Crippen LogP contribution is -2.48. The number of rotatable bonds is 11. The zero-order chi connectivity index (χ0) is 26.9. The van der Waals surface area contributed by atoms with Gasteiger partial charge in [0.15, 0.2) is 0 Å². The van der Waals surface area contributed by atoms with Crippen LogP contribution in [0.25, 0.3) is 0 Å². The van der Waals surface area contributed by atoms with Gasteiger partial charge in [-0.15, -0.1) is 0 Å². The van der Waals surface area contributed by atoms with Crippen molar-refractivity contribution in [1.82, 2.24) is 14.4 Å². The molecule has 1 saturated carbocycles. The summed E-state index contributed by atoms with van der Waals surface area (Å²) in [5, 5.41) is 0. The zero-order valence-corrected chi connectivity index (χ0v) is 22.7. The van der Waals surface area contributed by atoms with Gasteiger partial charge in [-0.3, -0.25) is 9.59 Å². The van der Waals surface area contributed by atoms with Crippen LogP contribution >= 0.6 is 0 Å². The van der Waals surface area contributed by atoms with Crippen LogP contribution in [0.5, 0.6) is 0 Å². The lowest BCUT2D eigenvalue weighted by Gasteiger charge is -2.36. The Kier molecular flexibility index (Phi) is 9.74. The molecule has 4 rings (SSSR count). The summed E-state index contributed by atoms with van der Waals surface area (Å²) < 4.78 is 15.7. The molecule has 1 aliphatic rings. The molecular weight excluding hydrogens is 477 g/mol. The molecule has 5 nitrogen and oxygen atoms in total. The van der Waals surface area contributed by atoms with Gasteiger partial charge in [0, 0.05) is 36.6 Å². The monoisotopic (exact) mass is 517 g/mol. The third-order valence-corrected chi connectivity index (χ3v) is 7.47. The fourth-order valence-corrected chi connectivity index (χ4v) is 5.21. The first-order valence-electron chi connectivity index (χ1n) is 13.9. The van der Waals surface area contributed by atoms with Crippen molar-refractivity contribution in [2.24, 2.45) is 5.92 Å². The molecule has 3 aromatic rings. The van der Waals surface area contributed by atoms with Crippen molar-refractivity contribution >= 4 is 11.8 Å². The third-order valence-electron chi connectivity index (χ3n) is 7.47. The highest BCUT2D eigenvalue weighted by Crippen LogP contribution is 2.25. The molecule has 0 saturated heterocycles. The van der Waals surface area contributed by atoms with E-state index in [0.29, 0.717) is 24.6 Å². The molecule has 2 amide bonds.